The minimum atomic E-state index is -4.75. The van der Waals surface area contributed by atoms with Gasteiger partial charge in [-0.1, -0.05) is 36.4 Å². The van der Waals surface area contributed by atoms with Crippen molar-refractivity contribution < 1.29 is 40.3 Å². The fraction of sp³-hybridized carbons (Fsp3) is 0.296. The quantitative estimate of drug-likeness (QED) is 0.236. The predicted octanol–water partition coefficient (Wildman–Crippen LogP) is 5.12. The molecule has 0 fully saturated rings. The van der Waals surface area contributed by atoms with E-state index in [1.807, 2.05) is 0 Å². The van der Waals surface area contributed by atoms with Crippen molar-refractivity contribution in [1.29, 1.82) is 0 Å². The average Bonchev–Trinajstić information content (AvgIpc) is 3.38. The van der Waals surface area contributed by atoms with Gasteiger partial charge in [-0.3, -0.25) is 4.79 Å². The molecular weight excluding hydrogens is 575 g/mol. The van der Waals surface area contributed by atoms with Crippen LogP contribution >= 0.6 is 11.3 Å². The molecule has 0 aliphatic rings. The number of amides is 1. The summed E-state index contributed by atoms with van der Waals surface area (Å²) in [5, 5.41) is 15.2. The number of halogens is 5. The minimum Gasteiger partial charge on any atom is -0.390 e. The fourth-order valence-corrected chi connectivity index (χ4v) is 6.07. The Labute approximate surface area is 232 Å². The Morgan fingerprint density at radius 2 is 1.77 bits per heavy atom. The minimum absolute atomic E-state index is 0.0624. The number of nitrogens with zero attached hydrogens (tertiary/aromatic N) is 1. The van der Waals surface area contributed by atoms with Crippen molar-refractivity contribution in [3.05, 3.63) is 99.3 Å². The van der Waals surface area contributed by atoms with Gasteiger partial charge in [-0.25, -0.2) is 17.2 Å². The summed E-state index contributed by atoms with van der Waals surface area (Å²) in [5.41, 5.74) is -0.673. The smallest absolute Gasteiger partial charge is 0.390 e. The maximum atomic E-state index is 14.8. The molecule has 0 saturated carbocycles. The molecule has 13 heteroatoms. The zero-order valence-electron chi connectivity index (χ0n) is 21.5. The molecule has 0 aliphatic carbocycles. The second-order valence-corrected chi connectivity index (χ2v) is 12.0. The van der Waals surface area contributed by atoms with Gasteiger partial charge >= 0.3 is 6.18 Å². The summed E-state index contributed by atoms with van der Waals surface area (Å²) in [6.45, 7) is 0.987. The highest BCUT2D eigenvalue weighted by Gasteiger charge is 2.34. The van der Waals surface area contributed by atoms with Crippen LogP contribution in [0.25, 0.3) is 0 Å². The number of carbonyl (C=O) groups is 1. The number of rotatable bonds is 11. The van der Waals surface area contributed by atoms with E-state index in [0.717, 1.165) is 10.4 Å². The number of aliphatic hydroxyl groups excluding tert-OH is 1. The standard InChI is InChI=1S/C27H27F5N2O4S2/c1-17-11-22(29)25(14-21(17)28)40(37,38)34(15-20-9-6-10-39-20)16-24(35)23(13-19-7-4-3-5-8-19)33-26(36)12-18(2)27(30,31)32/h3-12,14,23-24,35H,13,15-16H2,1-2H3,(H,33,36)/b18-12-/t23-,24+/m0/s1. The highest BCUT2D eigenvalue weighted by molar-refractivity contribution is 7.89. The number of aryl methyl sites for hydroxylation is 1. The van der Waals surface area contributed by atoms with Crippen LogP contribution < -0.4 is 5.32 Å². The van der Waals surface area contributed by atoms with Crippen LogP contribution in [0.5, 0.6) is 0 Å². The number of allylic oxidation sites excluding steroid dienone is 1. The highest BCUT2D eigenvalue weighted by atomic mass is 32.2. The molecule has 0 bridgehead atoms. The van der Waals surface area contributed by atoms with Gasteiger partial charge in [-0.15, -0.1) is 11.3 Å². The summed E-state index contributed by atoms with van der Waals surface area (Å²) in [5.74, 6) is -3.28. The summed E-state index contributed by atoms with van der Waals surface area (Å²) >= 11 is 1.19. The van der Waals surface area contributed by atoms with E-state index in [4.69, 9.17) is 0 Å². The van der Waals surface area contributed by atoms with Crippen molar-refractivity contribution in [3.8, 4) is 0 Å². The molecule has 2 aromatic carbocycles. The Morgan fingerprint density at radius 1 is 1.10 bits per heavy atom. The Kier molecular flexibility index (Phi) is 10.2. The first-order valence-electron chi connectivity index (χ1n) is 11.9. The van der Waals surface area contributed by atoms with E-state index in [0.29, 0.717) is 29.5 Å². The molecule has 2 atom stereocenters. The molecule has 40 heavy (non-hydrogen) atoms. The molecule has 0 saturated heterocycles. The van der Waals surface area contributed by atoms with Gasteiger partial charge in [0.15, 0.2) is 0 Å². The Hall–Kier alpha value is -3.13. The van der Waals surface area contributed by atoms with Crippen LogP contribution in [0.2, 0.25) is 0 Å². The Balaban J connectivity index is 1.97. The maximum absolute atomic E-state index is 14.8. The van der Waals surface area contributed by atoms with Crippen LogP contribution in [0.1, 0.15) is 22.9 Å². The third kappa shape index (κ3) is 8.19. The maximum Gasteiger partial charge on any atom is 0.412 e. The topological polar surface area (TPSA) is 86.7 Å². The molecule has 216 valence electrons. The summed E-state index contributed by atoms with van der Waals surface area (Å²) in [6.07, 6.45) is -6.12. The van der Waals surface area contributed by atoms with E-state index in [2.05, 4.69) is 5.32 Å². The Morgan fingerprint density at radius 3 is 2.38 bits per heavy atom. The predicted molar refractivity (Wildman–Crippen MR) is 141 cm³/mol. The van der Waals surface area contributed by atoms with Gasteiger partial charge in [-0.2, -0.15) is 17.5 Å². The lowest BCUT2D eigenvalue weighted by molar-refractivity contribution is -0.119. The van der Waals surface area contributed by atoms with Crippen molar-refractivity contribution in [2.75, 3.05) is 6.54 Å². The first-order chi connectivity index (χ1) is 18.7. The average molecular weight is 603 g/mol. The SMILES string of the molecule is C/C(=C/C(=O)N[C@@H](Cc1ccccc1)[C@H](O)CN(Cc1cccs1)S(=O)(=O)c1cc(F)c(C)cc1F)C(F)(F)F. The number of benzene rings is 2. The lowest BCUT2D eigenvalue weighted by Gasteiger charge is -2.29. The third-order valence-electron chi connectivity index (χ3n) is 6.02. The number of thiophene rings is 1. The van der Waals surface area contributed by atoms with Crippen LogP contribution in [-0.2, 0) is 27.8 Å². The summed E-state index contributed by atoms with van der Waals surface area (Å²) in [4.78, 5) is 12.0. The molecule has 0 unspecified atom stereocenters. The molecule has 3 aromatic rings. The van der Waals surface area contributed by atoms with Gasteiger partial charge in [0.2, 0.25) is 15.9 Å². The van der Waals surface area contributed by atoms with E-state index in [1.54, 1.807) is 47.8 Å². The summed E-state index contributed by atoms with van der Waals surface area (Å²) in [7, 11) is -4.72. The lowest BCUT2D eigenvalue weighted by atomic mass is 10.0. The largest absolute Gasteiger partial charge is 0.412 e. The molecule has 0 radical (unpaired) electrons. The van der Waals surface area contributed by atoms with Gasteiger partial charge < -0.3 is 10.4 Å². The van der Waals surface area contributed by atoms with Crippen LogP contribution in [0.4, 0.5) is 22.0 Å². The van der Waals surface area contributed by atoms with Crippen molar-refractivity contribution >= 4 is 27.3 Å². The van der Waals surface area contributed by atoms with Gasteiger partial charge in [0, 0.05) is 29.6 Å². The number of aliphatic hydroxyl groups is 1. The normalized spacial score (nSPS) is 14.3. The van der Waals surface area contributed by atoms with Crippen molar-refractivity contribution in [1.82, 2.24) is 9.62 Å². The molecule has 0 aliphatic heterocycles. The van der Waals surface area contributed by atoms with Gasteiger partial charge in [-0.05, 0) is 55.0 Å². The van der Waals surface area contributed by atoms with E-state index in [9.17, 15) is 40.3 Å². The molecule has 1 amide bonds. The highest BCUT2D eigenvalue weighted by Crippen LogP contribution is 2.27. The molecule has 0 spiro atoms. The van der Waals surface area contributed by atoms with E-state index in [1.165, 1.54) is 18.3 Å². The van der Waals surface area contributed by atoms with Crippen molar-refractivity contribution in [2.45, 2.75) is 50.0 Å². The Bertz CT molecular complexity index is 1440. The van der Waals surface area contributed by atoms with E-state index in [-0.39, 0.29) is 18.5 Å². The molecule has 1 aromatic heterocycles. The zero-order chi connectivity index (χ0) is 29.7. The lowest BCUT2D eigenvalue weighted by Crippen LogP contribution is -2.50. The summed E-state index contributed by atoms with van der Waals surface area (Å²) in [6, 6.07) is 11.7. The monoisotopic (exact) mass is 602 g/mol. The van der Waals surface area contributed by atoms with E-state index < -0.39 is 62.9 Å². The number of hydrogen-bond acceptors (Lipinski definition) is 5. The molecular formula is C27H27F5N2O4S2. The number of sulfonamides is 1. The van der Waals surface area contributed by atoms with Gasteiger partial charge in [0.1, 0.15) is 16.5 Å². The number of alkyl halides is 3. The number of carbonyl (C=O) groups excluding carboxylic acids is 1. The van der Waals surface area contributed by atoms with E-state index >= 15 is 0 Å². The first-order valence-corrected chi connectivity index (χ1v) is 14.3. The molecule has 2 N–H and O–H groups in total. The third-order valence-corrected chi connectivity index (χ3v) is 8.71. The van der Waals surface area contributed by atoms with Crippen LogP contribution in [0.15, 0.2) is 76.5 Å². The molecule has 1 heterocycles. The fourth-order valence-electron chi connectivity index (χ4n) is 3.78. The first kappa shape index (κ1) is 31.4. The summed E-state index contributed by atoms with van der Waals surface area (Å²) < 4.78 is 95.7. The van der Waals surface area contributed by atoms with Crippen LogP contribution in [-0.4, -0.2) is 48.6 Å². The zero-order valence-corrected chi connectivity index (χ0v) is 23.1. The number of nitrogens with one attached hydrogen (secondary N) is 1. The van der Waals surface area contributed by atoms with Gasteiger partial charge in [0.05, 0.1) is 12.1 Å². The number of hydrogen-bond donors (Lipinski definition) is 2. The van der Waals surface area contributed by atoms with Crippen LogP contribution in [0.3, 0.4) is 0 Å². The van der Waals surface area contributed by atoms with Crippen molar-refractivity contribution in [3.63, 3.8) is 0 Å². The van der Waals surface area contributed by atoms with Crippen molar-refractivity contribution in [2.24, 2.45) is 0 Å². The van der Waals surface area contributed by atoms with Crippen LogP contribution in [0, 0.1) is 18.6 Å². The van der Waals surface area contributed by atoms with Gasteiger partial charge in [0.25, 0.3) is 0 Å². The second-order valence-electron chi connectivity index (χ2n) is 9.11. The second kappa shape index (κ2) is 13.0. The molecule has 6 nitrogen and oxygen atoms in total. The molecule has 3 rings (SSSR count).